The number of amides is 2. The highest BCUT2D eigenvalue weighted by molar-refractivity contribution is 9.10. The Labute approximate surface area is 287 Å². The zero-order chi connectivity index (χ0) is 33.3. The van der Waals surface area contributed by atoms with E-state index < -0.39 is 0 Å². The van der Waals surface area contributed by atoms with E-state index in [-0.39, 0.29) is 11.8 Å². The Hall–Kier alpha value is -4.50. The van der Waals surface area contributed by atoms with E-state index in [1.165, 1.54) is 12.7 Å². The Morgan fingerprint density at radius 3 is 1.96 bits per heavy atom. The number of carbonyl (C=O) groups excluding carboxylic acids is 2. The summed E-state index contributed by atoms with van der Waals surface area (Å²) >= 11 is 6.98. The molecule has 2 aromatic carbocycles. The number of H-pyrrole nitrogens is 1. The first-order chi connectivity index (χ1) is 22.8. The predicted octanol–water partition coefficient (Wildman–Crippen LogP) is 5.54. The van der Waals surface area contributed by atoms with Crippen LogP contribution in [0.4, 0.5) is 0 Å². The van der Waals surface area contributed by atoms with Crippen LogP contribution in [0, 0.1) is 0 Å². The first-order valence-electron chi connectivity index (χ1n) is 14.5. The van der Waals surface area contributed by atoms with Gasteiger partial charge in [-0.2, -0.15) is 0 Å². The summed E-state index contributed by atoms with van der Waals surface area (Å²) in [5.74, 6) is -0.349. The molecule has 2 amide bonds. The summed E-state index contributed by atoms with van der Waals surface area (Å²) in [7, 11) is 5.08. The van der Waals surface area contributed by atoms with E-state index in [4.69, 9.17) is 9.47 Å². The molecule has 0 aliphatic rings. The fourth-order valence-electron chi connectivity index (χ4n) is 5.12. The van der Waals surface area contributed by atoms with Crippen LogP contribution in [0.5, 0.6) is 0 Å². The van der Waals surface area contributed by atoms with Gasteiger partial charge in [0, 0.05) is 88.6 Å². The Morgan fingerprint density at radius 2 is 1.36 bits per heavy atom. The molecule has 0 bridgehead atoms. The van der Waals surface area contributed by atoms with Gasteiger partial charge in [0.05, 0.1) is 24.6 Å². The zero-order valence-corrected chi connectivity index (χ0v) is 29.1. The number of rotatable bonds is 10. The van der Waals surface area contributed by atoms with Gasteiger partial charge in [-0.1, -0.05) is 31.9 Å². The summed E-state index contributed by atoms with van der Waals surface area (Å²) in [5, 5.41) is 7.61. The average molecular weight is 764 g/mol. The van der Waals surface area contributed by atoms with Crippen molar-refractivity contribution in [3.8, 4) is 22.5 Å². The van der Waals surface area contributed by atoms with Crippen LogP contribution >= 0.6 is 31.9 Å². The molecule has 3 N–H and O–H groups in total. The monoisotopic (exact) mass is 762 g/mol. The molecular weight excluding hydrogens is 732 g/mol. The van der Waals surface area contributed by atoms with Crippen LogP contribution < -0.4 is 10.6 Å². The van der Waals surface area contributed by atoms with Crippen LogP contribution in [0.15, 0.2) is 82.5 Å². The lowest BCUT2D eigenvalue weighted by Gasteiger charge is -2.08. The molecule has 12 nitrogen and oxygen atoms in total. The van der Waals surface area contributed by atoms with Gasteiger partial charge in [0.1, 0.15) is 24.0 Å². The summed E-state index contributed by atoms with van der Waals surface area (Å²) in [4.78, 5) is 45.0. The number of methoxy groups -OCH3 is 2. The van der Waals surface area contributed by atoms with Gasteiger partial charge in [-0.05, 0) is 48.5 Å². The van der Waals surface area contributed by atoms with Crippen molar-refractivity contribution >= 4 is 65.5 Å². The van der Waals surface area contributed by atoms with Gasteiger partial charge < -0.3 is 29.7 Å². The lowest BCUT2D eigenvalue weighted by Crippen LogP contribution is -2.29. The maximum Gasteiger partial charge on any atom is 0.268 e. The van der Waals surface area contributed by atoms with E-state index in [0.717, 1.165) is 41.9 Å². The molecule has 6 rings (SSSR count). The molecule has 0 spiro atoms. The topological polar surface area (TPSA) is 149 Å². The maximum atomic E-state index is 12.7. The van der Waals surface area contributed by atoms with Crippen molar-refractivity contribution in [3.63, 3.8) is 0 Å². The molecule has 0 aliphatic carbocycles. The fraction of sp³-hybridized carbons (Fsp3) is 0.212. The predicted molar refractivity (Wildman–Crippen MR) is 187 cm³/mol. The van der Waals surface area contributed by atoms with Crippen molar-refractivity contribution < 1.29 is 19.1 Å². The maximum absolute atomic E-state index is 12.7. The summed E-state index contributed by atoms with van der Waals surface area (Å²) in [5.41, 5.74) is 5.85. The number of fused-ring (bicyclic) bond motifs is 2. The Kier molecular flexibility index (Phi) is 11.4. The number of nitrogens with zero attached hydrogens (tertiary/aromatic N) is 5. The van der Waals surface area contributed by atoms with Crippen LogP contribution in [0.1, 0.15) is 21.0 Å². The zero-order valence-electron chi connectivity index (χ0n) is 25.9. The molecule has 0 fully saturated rings. The molecule has 47 heavy (non-hydrogen) atoms. The highest BCUT2D eigenvalue weighted by Gasteiger charge is 2.23. The van der Waals surface area contributed by atoms with Crippen molar-refractivity contribution in [3.05, 3.63) is 93.9 Å². The smallest absolute Gasteiger partial charge is 0.268 e. The minimum Gasteiger partial charge on any atom is -0.383 e. The second-order valence-electron chi connectivity index (χ2n) is 10.2. The number of nitrogens with one attached hydrogen (secondary N) is 3. The number of ether oxygens (including phenoxy) is 2. The van der Waals surface area contributed by atoms with Crippen molar-refractivity contribution in [2.24, 2.45) is 7.05 Å². The standard InChI is InChI=1S/C17H17BrN4O2.C16H15BrN4O2/c1-22-14-4-3-11(18)9-12(14)15(13-5-6-19-10-21-13)16(22)17(23)20-7-8-24-2;1-23-7-6-19-16(22)15-14(13-4-5-18-9-20-13)11-8-10(17)2-3-12(11)21-15/h3-6,9-10H,7-8H2,1-2H3,(H,20,23);2-5,8-9,21H,6-7H2,1H3,(H,19,22). The van der Waals surface area contributed by atoms with Crippen LogP contribution in [0.2, 0.25) is 0 Å². The molecule has 4 aromatic heterocycles. The number of aromatic amines is 1. The van der Waals surface area contributed by atoms with Crippen LogP contribution in [0.25, 0.3) is 44.3 Å². The number of halogens is 2. The Morgan fingerprint density at radius 1 is 0.787 bits per heavy atom. The molecule has 4 heterocycles. The van der Waals surface area contributed by atoms with E-state index in [1.807, 2.05) is 54.1 Å². The van der Waals surface area contributed by atoms with Crippen LogP contribution in [0.3, 0.4) is 0 Å². The highest BCUT2D eigenvalue weighted by Crippen LogP contribution is 2.35. The van der Waals surface area contributed by atoms with Crippen LogP contribution in [-0.4, -0.2) is 81.8 Å². The summed E-state index contributed by atoms with van der Waals surface area (Å²) in [6.07, 6.45) is 6.29. The third-order valence-corrected chi connectivity index (χ3v) is 8.21. The molecule has 0 saturated carbocycles. The van der Waals surface area contributed by atoms with Crippen molar-refractivity contribution in [1.82, 2.24) is 40.1 Å². The number of hydrogen-bond donors (Lipinski definition) is 3. The van der Waals surface area contributed by atoms with Crippen LogP contribution in [-0.2, 0) is 16.5 Å². The Bertz CT molecular complexity index is 2000. The van der Waals surface area contributed by atoms with Gasteiger partial charge in [0.2, 0.25) is 0 Å². The second-order valence-corrected chi connectivity index (χ2v) is 12.0. The van der Waals surface area contributed by atoms with Gasteiger partial charge in [-0.3, -0.25) is 9.59 Å². The molecule has 0 atom stereocenters. The van der Waals surface area contributed by atoms with Gasteiger partial charge in [-0.25, -0.2) is 19.9 Å². The molecular formula is C33H32Br2N8O4. The number of aromatic nitrogens is 6. The molecule has 0 radical (unpaired) electrons. The normalized spacial score (nSPS) is 10.9. The lowest BCUT2D eigenvalue weighted by molar-refractivity contribution is 0.0924. The molecule has 0 saturated heterocycles. The summed E-state index contributed by atoms with van der Waals surface area (Å²) in [6, 6.07) is 15.4. The molecule has 6 aromatic rings. The quantitative estimate of drug-likeness (QED) is 0.154. The van der Waals surface area contributed by atoms with Crippen molar-refractivity contribution in [2.45, 2.75) is 0 Å². The van der Waals surface area contributed by atoms with Crippen molar-refractivity contribution in [2.75, 3.05) is 40.5 Å². The SMILES string of the molecule is COCCNC(=O)c1[nH]c2ccc(Br)cc2c1-c1ccncn1.COCCNC(=O)c1c(-c2ccncn2)c2cc(Br)ccc2n1C. The number of carbonyl (C=O) groups is 2. The number of benzene rings is 2. The largest absolute Gasteiger partial charge is 0.383 e. The van der Waals surface area contributed by atoms with Gasteiger partial charge >= 0.3 is 0 Å². The third kappa shape index (κ3) is 7.73. The molecule has 0 unspecified atom stereocenters. The van der Waals surface area contributed by atoms with Gasteiger partial charge in [-0.15, -0.1) is 0 Å². The minimum atomic E-state index is -0.192. The number of hydrogen-bond acceptors (Lipinski definition) is 8. The van der Waals surface area contributed by atoms with E-state index in [2.05, 4.69) is 67.4 Å². The highest BCUT2D eigenvalue weighted by atomic mass is 79.9. The third-order valence-electron chi connectivity index (χ3n) is 7.22. The Balaban J connectivity index is 0.000000185. The van der Waals surface area contributed by atoms with Gasteiger partial charge in [0.25, 0.3) is 11.8 Å². The minimum absolute atomic E-state index is 0.157. The first kappa shape index (κ1) is 33.9. The average Bonchev–Trinajstić information content (AvgIpc) is 3.60. The summed E-state index contributed by atoms with van der Waals surface area (Å²) in [6.45, 7) is 1.81. The lowest BCUT2D eigenvalue weighted by atomic mass is 10.1. The summed E-state index contributed by atoms with van der Waals surface area (Å²) < 4.78 is 13.7. The van der Waals surface area contributed by atoms with E-state index in [1.54, 1.807) is 32.7 Å². The van der Waals surface area contributed by atoms with Gasteiger partial charge in [0.15, 0.2) is 0 Å². The fourth-order valence-corrected chi connectivity index (χ4v) is 5.85. The van der Waals surface area contributed by atoms with E-state index in [0.29, 0.717) is 49.1 Å². The number of aryl methyl sites for hydroxylation is 1. The van der Waals surface area contributed by atoms with Crippen molar-refractivity contribution in [1.29, 1.82) is 0 Å². The van der Waals surface area contributed by atoms with E-state index in [9.17, 15) is 9.59 Å². The molecule has 14 heteroatoms. The first-order valence-corrected chi connectivity index (χ1v) is 16.1. The molecule has 0 aliphatic heterocycles. The second kappa shape index (κ2) is 15.9. The molecule has 242 valence electrons. The van der Waals surface area contributed by atoms with E-state index >= 15 is 0 Å².